The van der Waals surface area contributed by atoms with E-state index in [1.807, 2.05) is 13.2 Å². The molecule has 5 heteroatoms. The highest BCUT2D eigenvalue weighted by Gasteiger charge is 2.26. The molecule has 2 rings (SSSR count). The standard InChI is InChI=1S/C12H20N4O/c1-9-4-5-16(8-10(9)17-3)12-7-14-6-11(13-2)15-12/h6-7,9-10H,4-5,8H2,1-3H3,(H,13,15). The number of anilines is 2. The molecule has 0 amide bonds. The van der Waals surface area contributed by atoms with Crippen molar-refractivity contribution in [2.45, 2.75) is 19.4 Å². The average Bonchev–Trinajstić information content (AvgIpc) is 2.39. The molecule has 1 aliphatic rings. The zero-order valence-electron chi connectivity index (χ0n) is 10.7. The molecule has 1 fully saturated rings. The number of rotatable bonds is 3. The number of aromatic nitrogens is 2. The Balaban J connectivity index is 2.11. The molecule has 2 atom stereocenters. The zero-order chi connectivity index (χ0) is 12.3. The van der Waals surface area contributed by atoms with Crippen LogP contribution in [0.2, 0.25) is 0 Å². The number of methoxy groups -OCH3 is 1. The molecule has 0 aromatic carbocycles. The van der Waals surface area contributed by atoms with Gasteiger partial charge in [-0.05, 0) is 12.3 Å². The maximum absolute atomic E-state index is 5.51. The molecular formula is C12H20N4O. The molecule has 0 aliphatic carbocycles. The van der Waals surface area contributed by atoms with Gasteiger partial charge >= 0.3 is 0 Å². The summed E-state index contributed by atoms with van der Waals surface area (Å²) >= 11 is 0. The fraction of sp³-hybridized carbons (Fsp3) is 0.667. The van der Waals surface area contributed by atoms with Crippen LogP contribution >= 0.6 is 0 Å². The van der Waals surface area contributed by atoms with Gasteiger partial charge < -0.3 is 15.0 Å². The van der Waals surface area contributed by atoms with Gasteiger partial charge in [0.25, 0.3) is 0 Å². The van der Waals surface area contributed by atoms with E-state index in [1.165, 1.54) is 0 Å². The van der Waals surface area contributed by atoms with Gasteiger partial charge in [0.2, 0.25) is 0 Å². The molecular weight excluding hydrogens is 216 g/mol. The molecule has 0 bridgehead atoms. The lowest BCUT2D eigenvalue weighted by atomic mass is 9.96. The van der Waals surface area contributed by atoms with E-state index in [0.717, 1.165) is 31.1 Å². The van der Waals surface area contributed by atoms with E-state index in [2.05, 4.69) is 27.1 Å². The predicted octanol–water partition coefficient (Wildman–Crippen LogP) is 1.38. The first-order chi connectivity index (χ1) is 8.24. The summed E-state index contributed by atoms with van der Waals surface area (Å²) in [5.41, 5.74) is 0. The Morgan fingerprint density at radius 2 is 2.29 bits per heavy atom. The zero-order valence-corrected chi connectivity index (χ0v) is 10.7. The van der Waals surface area contributed by atoms with Crippen molar-refractivity contribution in [2.24, 2.45) is 5.92 Å². The lowest BCUT2D eigenvalue weighted by Crippen LogP contribution is -2.44. The van der Waals surface area contributed by atoms with Crippen LogP contribution in [0.1, 0.15) is 13.3 Å². The number of nitrogens with zero attached hydrogens (tertiary/aromatic N) is 3. The highest BCUT2D eigenvalue weighted by molar-refractivity contribution is 5.44. The molecule has 1 aliphatic heterocycles. The van der Waals surface area contributed by atoms with Crippen molar-refractivity contribution >= 4 is 11.6 Å². The number of nitrogens with one attached hydrogen (secondary N) is 1. The second-order valence-electron chi connectivity index (χ2n) is 4.50. The molecule has 1 aromatic heterocycles. The van der Waals surface area contributed by atoms with Crippen LogP contribution in [0, 0.1) is 5.92 Å². The van der Waals surface area contributed by atoms with Crippen LogP contribution in [-0.2, 0) is 4.74 Å². The summed E-state index contributed by atoms with van der Waals surface area (Å²) in [4.78, 5) is 10.9. The van der Waals surface area contributed by atoms with Crippen LogP contribution in [-0.4, -0.2) is 43.3 Å². The third kappa shape index (κ3) is 2.66. The van der Waals surface area contributed by atoms with Gasteiger partial charge in [0, 0.05) is 27.2 Å². The average molecular weight is 236 g/mol. The van der Waals surface area contributed by atoms with E-state index in [1.54, 1.807) is 13.3 Å². The topological polar surface area (TPSA) is 50.3 Å². The summed E-state index contributed by atoms with van der Waals surface area (Å²) < 4.78 is 5.51. The van der Waals surface area contributed by atoms with Crippen LogP contribution < -0.4 is 10.2 Å². The summed E-state index contributed by atoms with van der Waals surface area (Å²) in [6.45, 7) is 4.14. The van der Waals surface area contributed by atoms with E-state index in [0.29, 0.717) is 5.92 Å². The van der Waals surface area contributed by atoms with Crippen LogP contribution in [0.15, 0.2) is 12.4 Å². The van der Waals surface area contributed by atoms with Gasteiger partial charge in [0.15, 0.2) is 0 Å². The number of hydrogen-bond donors (Lipinski definition) is 1. The molecule has 1 aromatic rings. The predicted molar refractivity (Wildman–Crippen MR) is 68.4 cm³/mol. The summed E-state index contributed by atoms with van der Waals surface area (Å²) in [5, 5.41) is 3.01. The highest BCUT2D eigenvalue weighted by Crippen LogP contribution is 2.23. The smallest absolute Gasteiger partial charge is 0.149 e. The number of hydrogen-bond acceptors (Lipinski definition) is 5. The van der Waals surface area contributed by atoms with Gasteiger partial charge in [0.1, 0.15) is 11.6 Å². The Hall–Kier alpha value is -1.36. The van der Waals surface area contributed by atoms with Crippen molar-refractivity contribution in [1.29, 1.82) is 0 Å². The Morgan fingerprint density at radius 1 is 1.47 bits per heavy atom. The van der Waals surface area contributed by atoms with Crippen molar-refractivity contribution in [1.82, 2.24) is 9.97 Å². The van der Waals surface area contributed by atoms with Crippen molar-refractivity contribution in [2.75, 3.05) is 37.5 Å². The van der Waals surface area contributed by atoms with Crippen LogP contribution in [0.5, 0.6) is 0 Å². The van der Waals surface area contributed by atoms with E-state index in [-0.39, 0.29) is 6.10 Å². The fourth-order valence-corrected chi connectivity index (χ4v) is 2.18. The van der Waals surface area contributed by atoms with Gasteiger partial charge in [-0.1, -0.05) is 6.92 Å². The molecule has 0 saturated carbocycles. The number of piperidine rings is 1. The second kappa shape index (κ2) is 5.31. The quantitative estimate of drug-likeness (QED) is 0.859. The van der Waals surface area contributed by atoms with Crippen LogP contribution in [0.4, 0.5) is 11.6 Å². The SMILES string of the molecule is CNc1cncc(N2CCC(C)C(OC)C2)n1. The second-order valence-corrected chi connectivity index (χ2v) is 4.50. The molecule has 0 radical (unpaired) electrons. The molecule has 2 unspecified atom stereocenters. The summed E-state index contributed by atoms with van der Waals surface area (Å²) in [6.07, 6.45) is 4.95. The van der Waals surface area contributed by atoms with Crippen molar-refractivity contribution < 1.29 is 4.74 Å². The minimum absolute atomic E-state index is 0.281. The summed E-state index contributed by atoms with van der Waals surface area (Å²) in [5.74, 6) is 2.33. The van der Waals surface area contributed by atoms with Crippen molar-refractivity contribution in [3.05, 3.63) is 12.4 Å². The lowest BCUT2D eigenvalue weighted by molar-refractivity contribution is 0.0496. The maximum atomic E-state index is 5.51. The lowest BCUT2D eigenvalue weighted by Gasteiger charge is -2.36. The highest BCUT2D eigenvalue weighted by atomic mass is 16.5. The van der Waals surface area contributed by atoms with E-state index < -0.39 is 0 Å². The molecule has 2 heterocycles. The normalized spacial score (nSPS) is 24.8. The third-order valence-electron chi connectivity index (χ3n) is 3.39. The Labute approximate surface area is 102 Å². The summed E-state index contributed by atoms with van der Waals surface area (Å²) in [6, 6.07) is 0. The maximum Gasteiger partial charge on any atom is 0.149 e. The van der Waals surface area contributed by atoms with Gasteiger partial charge in [-0.15, -0.1) is 0 Å². The van der Waals surface area contributed by atoms with E-state index >= 15 is 0 Å². The first-order valence-electron chi connectivity index (χ1n) is 6.02. The minimum Gasteiger partial charge on any atom is -0.379 e. The minimum atomic E-state index is 0.281. The van der Waals surface area contributed by atoms with E-state index in [4.69, 9.17) is 4.74 Å². The third-order valence-corrected chi connectivity index (χ3v) is 3.39. The monoisotopic (exact) mass is 236 g/mol. The van der Waals surface area contributed by atoms with E-state index in [9.17, 15) is 0 Å². The molecule has 17 heavy (non-hydrogen) atoms. The Bertz CT molecular complexity index is 371. The number of ether oxygens (including phenoxy) is 1. The van der Waals surface area contributed by atoms with Crippen LogP contribution in [0.3, 0.4) is 0 Å². The first-order valence-corrected chi connectivity index (χ1v) is 6.02. The molecule has 1 saturated heterocycles. The molecule has 5 nitrogen and oxygen atoms in total. The largest absolute Gasteiger partial charge is 0.379 e. The van der Waals surface area contributed by atoms with Crippen molar-refractivity contribution in [3.8, 4) is 0 Å². The Kier molecular flexibility index (Phi) is 3.78. The molecule has 94 valence electrons. The fourth-order valence-electron chi connectivity index (χ4n) is 2.18. The molecule has 0 spiro atoms. The van der Waals surface area contributed by atoms with Gasteiger partial charge in [-0.3, -0.25) is 4.98 Å². The molecule has 1 N–H and O–H groups in total. The summed E-state index contributed by atoms with van der Waals surface area (Å²) in [7, 11) is 3.63. The van der Waals surface area contributed by atoms with Gasteiger partial charge in [-0.2, -0.15) is 0 Å². The van der Waals surface area contributed by atoms with Gasteiger partial charge in [0.05, 0.1) is 18.5 Å². The van der Waals surface area contributed by atoms with Crippen LogP contribution in [0.25, 0.3) is 0 Å². The first kappa shape index (κ1) is 12.1. The van der Waals surface area contributed by atoms with Gasteiger partial charge in [-0.25, -0.2) is 4.98 Å². The van der Waals surface area contributed by atoms with Crippen molar-refractivity contribution in [3.63, 3.8) is 0 Å². The Morgan fingerprint density at radius 3 is 3.00 bits per heavy atom.